The zero-order valence-electron chi connectivity index (χ0n) is 22.8. The number of H-pyrrole nitrogens is 1. The van der Waals surface area contributed by atoms with Gasteiger partial charge in [-0.15, -0.1) is 0 Å². The van der Waals surface area contributed by atoms with E-state index in [-0.39, 0.29) is 24.1 Å². The number of nitrogens with one attached hydrogen (secondary N) is 1. The van der Waals surface area contributed by atoms with Crippen molar-refractivity contribution in [2.45, 2.75) is 68.0 Å². The topological polar surface area (TPSA) is 107 Å². The standard InChI is InChI=1S/C29H26B2Cl2N4O5/c1-39-22-13-17(9-10-19(22)27-34-28(38)42-36-27)37-15-7-8-16(37)12-18(11-15)40-29(30,31)24-25(35-41-26(24)14-5-6-14)23-20(32)3-2-4-21(23)33/h2-4,9-10,13-16,18H,5-8,11-12H2,1H3,(H,34,36,38)/t15-,16+,18?. The molecule has 2 bridgehead atoms. The Kier molecular flexibility index (Phi) is 6.95. The quantitative estimate of drug-likeness (QED) is 0.262. The summed E-state index contributed by atoms with van der Waals surface area (Å²) in [6.07, 6.45) is 5.23. The minimum Gasteiger partial charge on any atom is -0.496 e. The molecule has 4 aromatic rings. The summed E-state index contributed by atoms with van der Waals surface area (Å²) in [7, 11) is 15.2. The molecular formula is C29H26B2Cl2N4O5. The predicted octanol–water partition coefficient (Wildman–Crippen LogP) is 5.54. The monoisotopic (exact) mass is 602 g/mol. The lowest BCUT2D eigenvalue weighted by Gasteiger charge is -2.43. The minimum absolute atomic E-state index is 0.184. The van der Waals surface area contributed by atoms with E-state index in [1.165, 1.54) is 0 Å². The smallest absolute Gasteiger partial charge is 0.439 e. The maximum absolute atomic E-state index is 11.5. The highest BCUT2D eigenvalue weighted by atomic mass is 35.5. The Bertz CT molecular complexity index is 1670. The van der Waals surface area contributed by atoms with E-state index >= 15 is 0 Å². The summed E-state index contributed by atoms with van der Waals surface area (Å²) in [6.45, 7) is 0. The van der Waals surface area contributed by atoms with Crippen molar-refractivity contribution < 1.29 is 18.5 Å². The number of ether oxygens (including phenoxy) is 2. The number of piperidine rings is 1. The van der Waals surface area contributed by atoms with Crippen LogP contribution >= 0.6 is 23.2 Å². The van der Waals surface area contributed by atoms with Crippen LogP contribution in [0.5, 0.6) is 5.75 Å². The van der Waals surface area contributed by atoms with E-state index in [1.807, 2.05) is 18.2 Å². The normalized spacial score (nSPS) is 22.1. The van der Waals surface area contributed by atoms with Gasteiger partial charge in [0.15, 0.2) is 5.82 Å². The number of anilines is 1. The third-order valence-corrected chi connectivity index (χ3v) is 9.12. The van der Waals surface area contributed by atoms with Gasteiger partial charge in [-0.05, 0) is 62.8 Å². The van der Waals surface area contributed by atoms with Crippen LogP contribution in [0.4, 0.5) is 5.69 Å². The second kappa shape index (κ2) is 10.5. The van der Waals surface area contributed by atoms with Gasteiger partial charge in [0.25, 0.3) is 0 Å². The Balaban J connectivity index is 1.15. The number of hydrogen-bond donors (Lipinski definition) is 1. The second-order valence-corrected chi connectivity index (χ2v) is 12.1. The highest BCUT2D eigenvalue weighted by molar-refractivity contribution is 6.41. The number of methoxy groups -OCH3 is 1. The van der Waals surface area contributed by atoms with Gasteiger partial charge in [-0.2, -0.15) is 0 Å². The van der Waals surface area contributed by atoms with Crippen LogP contribution < -0.4 is 15.4 Å². The lowest BCUT2D eigenvalue weighted by molar-refractivity contribution is -0.0178. The van der Waals surface area contributed by atoms with Crippen molar-refractivity contribution in [3.63, 3.8) is 0 Å². The number of aromatic amines is 1. The molecule has 1 aliphatic carbocycles. The molecule has 3 aliphatic rings. The van der Waals surface area contributed by atoms with Crippen molar-refractivity contribution >= 4 is 44.6 Å². The molecule has 4 heterocycles. The van der Waals surface area contributed by atoms with Gasteiger partial charge in [0, 0.05) is 46.3 Å². The molecule has 4 radical (unpaired) electrons. The molecule has 212 valence electrons. The van der Waals surface area contributed by atoms with Crippen LogP contribution in [0.2, 0.25) is 10.0 Å². The van der Waals surface area contributed by atoms with Crippen molar-refractivity contribution in [2.24, 2.45) is 0 Å². The molecule has 9 nitrogen and oxygen atoms in total. The number of hydrogen-bond acceptors (Lipinski definition) is 8. The lowest BCUT2D eigenvalue weighted by atomic mass is 9.59. The molecule has 13 heteroatoms. The van der Waals surface area contributed by atoms with E-state index in [0.717, 1.165) is 44.2 Å². The zero-order valence-corrected chi connectivity index (χ0v) is 24.3. The van der Waals surface area contributed by atoms with E-state index in [2.05, 4.69) is 24.7 Å². The third kappa shape index (κ3) is 4.85. The number of benzene rings is 2. The van der Waals surface area contributed by atoms with Gasteiger partial charge in [0.05, 0.1) is 28.8 Å². The van der Waals surface area contributed by atoms with Crippen LogP contribution in [-0.2, 0) is 10.1 Å². The summed E-state index contributed by atoms with van der Waals surface area (Å²) in [5.41, 5.74) is 3.10. The van der Waals surface area contributed by atoms with Crippen molar-refractivity contribution in [3.8, 4) is 28.4 Å². The zero-order chi connectivity index (χ0) is 29.2. The Morgan fingerprint density at radius 1 is 1.02 bits per heavy atom. The Morgan fingerprint density at radius 2 is 1.74 bits per heavy atom. The number of nitrogens with zero attached hydrogens (tertiary/aromatic N) is 3. The summed E-state index contributed by atoms with van der Waals surface area (Å²) >= 11 is 13.1. The van der Waals surface area contributed by atoms with E-state index in [0.29, 0.717) is 49.8 Å². The number of rotatable bonds is 8. The van der Waals surface area contributed by atoms with Gasteiger partial charge in [0.2, 0.25) is 0 Å². The fourth-order valence-electron chi connectivity index (χ4n) is 6.56. The van der Waals surface area contributed by atoms with Gasteiger partial charge in [-0.3, -0.25) is 9.51 Å². The maximum atomic E-state index is 11.5. The molecule has 3 atom stereocenters. The molecule has 2 aromatic carbocycles. The number of aromatic nitrogens is 3. The Hall–Kier alpha value is -3.14. The molecular weight excluding hydrogens is 577 g/mol. The molecule has 3 fully saturated rings. The van der Waals surface area contributed by atoms with Gasteiger partial charge >= 0.3 is 5.76 Å². The third-order valence-electron chi connectivity index (χ3n) is 8.49. The first kappa shape index (κ1) is 27.7. The van der Waals surface area contributed by atoms with Gasteiger partial charge in [-0.1, -0.05) is 39.6 Å². The average Bonchev–Trinajstić information content (AvgIpc) is 3.45. The molecule has 2 aliphatic heterocycles. The molecule has 2 saturated heterocycles. The summed E-state index contributed by atoms with van der Waals surface area (Å²) in [6, 6.07) is 11.5. The summed E-state index contributed by atoms with van der Waals surface area (Å²) in [5.74, 6) is 1.10. The van der Waals surface area contributed by atoms with Crippen molar-refractivity contribution in [1.29, 1.82) is 0 Å². The molecule has 1 unspecified atom stereocenters. The minimum atomic E-state index is -1.67. The SMILES string of the molecule is [B]C([B])(OC1C[C@H]2CC[C@@H](C1)N2c1ccc(-c2noc(=O)[nH]2)c(OC)c1)c1c(-c2c(Cl)cccc2Cl)noc1C1CC1. The van der Waals surface area contributed by atoms with Crippen LogP contribution in [0.15, 0.2) is 50.2 Å². The first-order valence-electron chi connectivity index (χ1n) is 14.0. The van der Waals surface area contributed by atoms with Crippen LogP contribution in [0.3, 0.4) is 0 Å². The molecule has 7 rings (SSSR count). The average molecular weight is 603 g/mol. The van der Waals surface area contributed by atoms with Crippen molar-refractivity contribution in [3.05, 3.63) is 68.3 Å². The van der Waals surface area contributed by atoms with Crippen molar-refractivity contribution in [1.82, 2.24) is 15.3 Å². The molecule has 1 saturated carbocycles. The van der Waals surface area contributed by atoms with Crippen LogP contribution in [0.1, 0.15) is 55.8 Å². The number of fused-ring (bicyclic) bond motifs is 2. The lowest BCUT2D eigenvalue weighted by Crippen LogP contribution is -2.48. The maximum Gasteiger partial charge on any atom is 0.439 e. The summed E-state index contributed by atoms with van der Waals surface area (Å²) in [4.78, 5) is 16.5. The van der Waals surface area contributed by atoms with Crippen LogP contribution in [0.25, 0.3) is 22.6 Å². The number of halogens is 2. The summed E-state index contributed by atoms with van der Waals surface area (Å²) in [5, 5.41) is 7.32. The van der Waals surface area contributed by atoms with Gasteiger partial charge in [0.1, 0.15) is 32.9 Å². The Labute approximate surface area is 254 Å². The molecule has 2 aromatic heterocycles. The Morgan fingerprint density at radius 3 is 2.36 bits per heavy atom. The predicted molar refractivity (Wildman–Crippen MR) is 160 cm³/mol. The van der Waals surface area contributed by atoms with E-state index in [1.54, 1.807) is 25.3 Å². The van der Waals surface area contributed by atoms with Crippen molar-refractivity contribution in [2.75, 3.05) is 12.0 Å². The van der Waals surface area contributed by atoms with Gasteiger partial charge < -0.3 is 18.9 Å². The first-order valence-corrected chi connectivity index (χ1v) is 14.7. The summed E-state index contributed by atoms with van der Waals surface area (Å²) < 4.78 is 22.6. The van der Waals surface area contributed by atoms with Gasteiger partial charge in [-0.25, -0.2) is 4.79 Å². The second-order valence-electron chi connectivity index (χ2n) is 11.3. The first-order chi connectivity index (χ1) is 20.2. The van der Waals surface area contributed by atoms with Crippen LogP contribution in [-0.4, -0.2) is 56.3 Å². The highest BCUT2D eigenvalue weighted by Gasteiger charge is 2.45. The molecule has 0 spiro atoms. The van der Waals surface area contributed by atoms with E-state index < -0.39 is 11.2 Å². The van der Waals surface area contributed by atoms with E-state index in [9.17, 15) is 4.79 Å². The largest absolute Gasteiger partial charge is 0.496 e. The van der Waals surface area contributed by atoms with Crippen LogP contribution in [0, 0.1) is 0 Å². The molecule has 1 N–H and O–H groups in total. The van der Waals surface area contributed by atoms with E-state index in [4.69, 9.17) is 52.9 Å². The fourth-order valence-corrected chi connectivity index (χ4v) is 7.14. The molecule has 42 heavy (non-hydrogen) atoms. The fraction of sp³-hybridized carbons (Fsp3) is 0.414. The molecule has 0 amide bonds. The highest BCUT2D eigenvalue weighted by Crippen LogP contribution is 2.50.